The largest absolute Gasteiger partial charge is 0.506 e. The monoisotopic (exact) mass is 304 g/mol. The van der Waals surface area contributed by atoms with Crippen molar-refractivity contribution in [3.63, 3.8) is 0 Å². The van der Waals surface area contributed by atoms with Crippen LogP contribution in [-0.4, -0.2) is 14.7 Å². The van der Waals surface area contributed by atoms with Crippen LogP contribution in [0.4, 0.5) is 0 Å². The first-order valence-corrected chi connectivity index (χ1v) is 6.15. The minimum atomic E-state index is -0.274. The Balaban J connectivity index is 2.39. The minimum Gasteiger partial charge on any atom is -0.506 e. The molecule has 0 amide bonds. The van der Waals surface area contributed by atoms with Crippen molar-refractivity contribution in [2.24, 2.45) is 0 Å². The van der Waals surface area contributed by atoms with Crippen LogP contribution in [0.25, 0.3) is 16.7 Å². The lowest BCUT2D eigenvalue weighted by Gasteiger charge is -2.03. The highest BCUT2D eigenvalue weighted by atomic mass is 79.9. The predicted molar refractivity (Wildman–Crippen MR) is 73.3 cm³/mol. The molecule has 0 bridgehead atoms. The Morgan fingerprint density at radius 1 is 1.17 bits per heavy atom. The Bertz CT molecular complexity index is 789. The molecule has 5 heteroatoms. The summed E-state index contributed by atoms with van der Waals surface area (Å²) >= 11 is 3.38. The first-order chi connectivity index (χ1) is 8.66. The highest BCUT2D eigenvalue weighted by Gasteiger charge is 2.11. The van der Waals surface area contributed by atoms with Gasteiger partial charge in [-0.15, -0.1) is 0 Å². The molecular weight excluding hydrogens is 296 g/mol. The van der Waals surface area contributed by atoms with Gasteiger partial charge in [0, 0.05) is 4.47 Å². The summed E-state index contributed by atoms with van der Waals surface area (Å²) in [4.78, 5) is 14.6. The van der Waals surface area contributed by atoms with E-state index in [9.17, 15) is 9.90 Å². The van der Waals surface area contributed by atoms with Gasteiger partial charge in [-0.2, -0.15) is 0 Å². The zero-order valence-electron chi connectivity index (χ0n) is 9.22. The van der Waals surface area contributed by atoms with Crippen molar-refractivity contribution < 1.29 is 5.11 Å². The molecule has 0 spiro atoms. The third-order valence-corrected chi connectivity index (χ3v) is 3.26. The molecular formula is C13H9BrN2O2. The van der Waals surface area contributed by atoms with Gasteiger partial charge in [0.15, 0.2) is 0 Å². The van der Waals surface area contributed by atoms with E-state index in [1.165, 1.54) is 4.57 Å². The van der Waals surface area contributed by atoms with Crippen molar-refractivity contribution in [1.29, 1.82) is 0 Å². The number of imidazole rings is 1. The van der Waals surface area contributed by atoms with Gasteiger partial charge >= 0.3 is 5.69 Å². The molecule has 0 fully saturated rings. The van der Waals surface area contributed by atoms with Gasteiger partial charge in [0.05, 0.1) is 11.2 Å². The maximum absolute atomic E-state index is 12.0. The van der Waals surface area contributed by atoms with Gasteiger partial charge in [-0.3, -0.25) is 4.57 Å². The van der Waals surface area contributed by atoms with E-state index in [0.717, 1.165) is 10.2 Å². The number of aromatic nitrogens is 2. The van der Waals surface area contributed by atoms with Gasteiger partial charge in [-0.25, -0.2) is 4.79 Å². The first kappa shape index (κ1) is 11.1. The van der Waals surface area contributed by atoms with Crippen molar-refractivity contribution in [2.45, 2.75) is 0 Å². The molecule has 0 saturated carbocycles. The second kappa shape index (κ2) is 4.03. The number of halogens is 1. The lowest BCUT2D eigenvalue weighted by atomic mass is 10.2. The van der Waals surface area contributed by atoms with E-state index < -0.39 is 0 Å². The van der Waals surface area contributed by atoms with Crippen molar-refractivity contribution in [3.05, 3.63) is 57.4 Å². The molecule has 3 aromatic rings. The predicted octanol–water partition coefficient (Wildman–Crippen LogP) is 2.79. The van der Waals surface area contributed by atoms with Crippen molar-refractivity contribution >= 4 is 27.0 Å². The van der Waals surface area contributed by atoms with Gasteiger partial charge in [0.25, 0.3) is 0 Å². The Kier molecular flexibility index (Phi) is 2.48. The number of nitrogens with one attached hydrogen (secondary N) is 1. The topological polar surface area (TPSA) is 58.0 Å². The molecule has 1 heterocycles. The zero-order chi connectivity index (χ0) is 12.7. The number of hydrogen-bond acceptors (Lipinski definition) is 2. The second-order valence-electron chi connectivity index (χ2n) is 3.92. The van der Waals surface area contributed by atoms with Crippen LogP contribution in [0, 0.1) is 0 Å². The molecule has 0 aliphatic carbocycles. The summed E-state index contributed by atoms with van der Waals surface area (Å²) in [5.41, 5.74) is 1.57. The van der Waals surface area contributed by atoms with E-state index in [2.05, 4.69) is 20.9 Å². The van der Waals surface area contributed by atoms with Crippen LogP contribution < -0.4 is 5.69 Å². The number of hydrogen-bond donors (Lipinski definition) is 2. The van der Waals surface area contributed by atoms with E-state index in [4.69, 9.17) is 0 Å². The number of fused-ring (bicyclic) bond motifs is 1. The number of aromatic hydroxyl groups is 1. The Morgan fingerprint density at radius 3 is 2.72 bits per heavy atom. The fourth-order valence-corrected chi connectivity index (χ4v) is 2.37. The van der Waals surface area contributed by atoms with Gasteiger partial charge in [-0.05, 0) is 30.3 Å². The van der Waals surface area contributed by atoms with Crippen molar-refractivity contribution in [1.82, 2.24) is 9.55 Å². The highest BCUT2D eigenvalue weighted by molar-refractivity contribution is 9.10. The van der Waals surface area contributed by atoms with E-state index in [0.29, 0.717) is 11.0 Å². The summed E-state index contributed by atoms with van der Waals surface area (Å²) in [7, 11) is 0. The molecule has 1 aromatic heterocycles. The smallest absolute Gasteiger partial charge is 0.331 e. The summed E-state index contributed by atoms with van der Waals surface area (Å²) in [6, 6.07) is 12.5. The Morgan fingerprint density at radius 2 is 1.94 bits per heavy atom. The normalized spacial score (nSPS) is 10.9. The molecule has 2 N–H and O–H groups in total. The molecule has 0 aliphatic heterocycles. The lowest BCUT2D eigenvalue weighted by Crippen LogP contribution is -2.14. The number of benzene rings is 2. The summed E-state index contributed by atoms with van der Waals surface area (Å²) in [6.45, 7) is 0. The zero-order valence-corrected chi connectivity index (χ0v) is 10.8. The maximum atomic E-state index is 12.0. The molecule has 4 nitrogen and oxygen atoms in total. The second-order valence-corrected chi connectivity index (χ2v) is 4.83. The summed E-state index contributed by atoms with van der Waals surface area (Å²) < 4.78 is 2.42. The van der Waals surface area contributed by atoms with Gasteiger partial charge in [0.2, 0.25) is 0 Å². The summed E-state index contributed by atoms with van der Waals surface area (Å²) in [5, 5.41) is 9.72. The Hall–Kier alpha value is -2.01. The molecule has 3 rings (SSSR count). The number of para-hydroxylation sites is 1. The van der Waals surface area contributed by atoms with Crippen molar-refractivity contribution in [2.75, 3.05) is 0 Å². The van der Waals surface area contributed by atoms with E-state index in [1.807, 2.05) is 24.3 Å². The van der Waals surface area contributed by atoms with Crippen LogP contribution in [0.1, 0.15) is 0 Å². The third-order valence-electron chi connectivity index (χ3n) is 2.76. The van der Waals surface area contributed by atoms with Crippen LogP contribution >= 0.6 is 15.9 Å². The number of phenols is 1. The van der Waals surface area contributed by atoms with Gasteiger partial charge < -0.3 is 10.1 Å². The number of aromatic amines is 1. The lowest BCUT2D eigenvalue weighted by molar-refractivity contribution is 0.480. The van der Waals surface area contributed by atoms with Crippen LogP contribution in [0.15, 0.2) is 51.7 Å². The van der Waals surface area contributed by atoms with Crippen LogP contribution in [0.2, 0.25) is 0 Å². The molecule has 0 atom stereocenters. The minimum absolute atomic E-state index is 0.0679. The first-order valence-electron chi connectivity index (χ1n) is 5.35. The molecule has 0 saturated heterocycles. The Labute approximate surface area is 111 Å². The van der Waals surface area contributed by atoms with E-state index in [1.54, 1.807) is 18.2 Å². The summed E-state index contributed by atoms with van der Waals surface area (Å²) in [5.74, 6) is 0.0679. The fraction of sp³-hybridized carbons (Fsp3) is 0. The molecule has 0 unspecified atom stereocenters. The average molecular weight is 305 g/mol. The quantitative estimate of drug-likeness (QED) is 0.726. The van der Waals surface area contributed by atoms with Crippen LogP contribution in [-0.2, 0) is 0 Å². The highest BCUT2D eigenvalue weighted by Crippen LogP contribution is 2.24. The standard InChI is InChI=1S/C13H9BrN2O2/c14-8-3-1-4-9(7-8)16-10-5-2-6-11(17)12(10)15-13(16)18/h1-7,17H,(H,15,18). The van der Waals surface area contributed by atoms with Gasteiger partial charge in [-0.1, -0.05) is 28.1 Å². The average Bonchev–Trinajstić information content (AvgIpc) is 2.67. The maximum Gasteiger partial charge on any atom is 0.331 e. The number of nitrogens with zero attached hydrogens (tertiary/aromatic N) is 1. The number of H-pyrrole nitrogens is 1. The molecule has 90 valence electrons. The molecule has 0 radical (unpaired) electrons. The SMILES string of the molecule is O=c1[nH]c2c(O)cccc2n1-c1cccc(Br)c1. The van der Waals surface area contributed by atoms with Crippen molar-refractivity contribution in [3.8, 4) is 11.4 Å². The molecule has 18 heavy (non-hydrogen) atoms. The number of rotatable bonds is 1. The molecule has 2 aromatic carbocycles. The van der Waals surface area contributed by atoms with Crippen LogP contribution in [0.5, 0.6) is 5.75 Å². The van der Waals surface area contributed by atoms with Gasteiger partial charge in [0.1, 0.15) is 11.3 Å². The van der Waals surface area contributed by atoms with Crippen LogP contribution in [0.3, 0.4) is 0 Å². The van der Waals surface area contributed by atoms with E-state index in [-0.39, 0.29) is 11.4 Å². The fourth-order valence-electron chi connectivity index (χ4n) is 1.99. The summed E-state index contributed by atoms with van der Waals surface area (Å²) in [6.07, 6.45) is 0. The van der Waals surface area contributed by atoms with E-state index >= 15 is 0 Å². The third kappa shape index (κ3) is 1.64. The molecule has 0 aliphatic rings. The number of phenolic OH excluding ortho intramolecular Hbond substituents is 1.